The lowest BCUT2D eigenvalue weighted by molar-refractivity contribution is -0.0177. The van der Waals surface area contributed by atoms with Gasteiger partial charge in [0.1, 0.15) is 5.71 Å². The predicted octanol–water partition coefficient (Wildman–Crippen LogP) is 7.33. The number of nitrogens with zero attached hydrogens (tertiary/aromatic N) is 3. The van der Waals surface area contributed by atoms with Crippen LogP contribution in [0, 0.1) is 0 Å². The molecule has 1 aromatic rings. The first-order chi connectivity index (χ1) is 15.5. The highest BCUT2D eigenvalue weighted by atomic mass is 79.9. The van der Waals surface area contributed by atoms with Gasteiger partial charge < -0.3 is 9.57 Å². The minimum atomic E-state index is -0.0312. The molecular weight excluding hydrogens is 466 g/mol. The van der Waals surface area contributed by atoms with Gasteiger partial charge in [-0.3, -0.25) is 9.89 Å². The molecule has 0 aliphatic heterocycles. The third-order valence-corrected chi connectivity index (χ3v) is 6.06. The van der Waals surface area contributed by atoms with E-state index in [2.05, 4.69) is 58.5 Å². The number of hydrogen-bond acceptors (Lipinski definition) is 5. The van der Waals surface area contributed by atoms with E-state index < -0.39 is 0 Å². The summed E-state index contributed by atoms with van der Waals surface area (Å²) in [5.74, 6) is 0. The minimum Gasteiger partial charge on any atom is -0.379 e. The summed E-state index contributed by atoms with van der Waals surface area (Å²) in [5, 5.41) is 4.33. The molecule has 184 valence electrons. The average molecular weight is 513 g/mol. The van der Waals surface area contributed by atoms with E-state index in [0.29, 0.717) is 13.3 Å². The Morgan fingerprint density at radius 1 is 1.06 bits per heavy atom. The molecule has 0 bridgehead atoms. The topological polar surface area (TPSA) is 46.4 Å². The van der Waals surface area contributed by atoms with Crippen molar-refractivity contribution in [2.24, 2.45) is 10.1 Å². The molecular formula is C26H46BrN3O2. The van der Waals surface area contributed by atoms with Crippen molar-refractivity contribution in [3.05, 3.63) is 34.3 Å². The van der Waals surface area contributed by atoms with Gasteiger partial charge in [0.05, 0.1) is 12.1 Å². The Balaban J connectivity index is 0.00000466. The van der Waals surface area contributed by atoms with Crippen molar-refractivity contribution in [3.63, 3.8) is 0 Å². The van der Waals surface area contributed by atoms with Crippen LogP contribution < -0.4 is 0 Å². The third-order valence-electron chi connectivity index (χ3n) is 5.53. The van der Waals surface area contributed by atoms with Gasteiger partial charge in [-0.1, -0.05) is 86.6 Å². The highest BCUT2D eigenvalue weighted by Gasteiger charge is 2.22. The molecule has 0 aromatic heterocycles. The molecule has 1 aromatic carbocycles. The molecule has 0 aliphatic rings. The fourth-order valence-corrected chi connectivity index (χ4v) is 3.62. The third kappa shape index (κ3) is 13.3. The fourth-order valence-electron chi connectivity index (χ4n) is 3.35. The van der Waals surface area contributed by atoms with E-state index in [-0.39, 0.29) is 5.60 Å². The number of hydrogen-bond donors (Lipinski definition) is 0. The van der Waals surface area contributed by atoms with Crippen molar-refractivity contribution in [1.29, 1.82) is 0 Å². The number of aliphatic imine (C=N–C) groups is 1. The minimum absolute atomic E-state index is 0.0312. The van der Waals surface area contributed by atoms with Crippen molar-refractivity contribution < 1.29 is 9.57 Å². The van der Waals surface area contributed by atoms with Gasteiger partial charge in [-0.2, -0.15) is 0 Å². The summed E-state index contributed by atoms with van der Waals surface area (Å²) in [4.78, 5) is 11.9. The van der Waals surface area contributed by atoms with Gasteiger partial charge in [0.25, 0.3) is 0 Å². The highest BCUT2D eigenvalue weighted by Crippen LogP contribution is 2.24. The molecule has 0 N–H and O–H groups in total. The van der Waals surface area contributed by atoms with E-state index in [9.17, 15) is 0 Å². The quantitative estimate of drug-likeness (QED) is 0.0950. The van der Waals surface area contributed by atoms with E-state index in [0.717, 1.165) is 48.1 Å². The summed E-state index contributed by atoms with van der Waals surface area (Å²) in [6.07, 6.45) is 8.37. The average Bonchev–Trinajstić information content (AvgIpc) is 2.82. The maximum Gasteiger partial charge on any atom is 0.170 e. The SMILES string of the molecule is C=NC/C(=N\OCN(CC)CCCC(C)(CCCCCC)OC)c1ccc(Br)cc1.CC. The van der Waals surface area contributed by atoms with Crippen LogP contribution in [0.15, 0.2) is 38.9 Å². The summed E-state index contributed by atoms with van der Waals surface area (Å²) in [7, 11) is 1.84. The van der Waals surface area contributed by atoms with Crippen molar-refractivity contribution >= 4 is 28.4 Å². The van der Waals surface area contributed by atoms with Crippen LogP contribution in [0.3, 0.4) is 0 Å². The molecule has 1 rings (SSSR count). The van der Waals surface area contributed by atoms with Crippen LogP contribution in [-0.4, -0.2) is 56.4 Å². The summed E-state index contributed by atoms with van der Waals surface area (Å²) < 4.78 is 6.87. The standard InChI is InChI=1S/C24H40BrN3O2.C2H6/c1-6-8-9-10-16-24(3,29-5)17-11-18-28(7-2)20-30-27-23(19-26-4)21-12-14-22(25)15-13-21;1-2/h12-15H,4,6-11,16-20H2,1-3,5H3;1-2H3/b27-23+;. The number of methoxy groups -OCH3 is 1. The lowest BCUT2D eigenvalue weighted by Gasteiger charge is -2.29. The number of ether oxygens (including phenoxy) is 1. The second-order valence-corrected chi connectivity index (χ2v) is 8.88. The number of unbranched alkanes of at least 4 members (excludes halogenated alkanes) is 3. The zero-order valence-corrected chi connectivity index (χ0v) is 22.9. The van der Waals surface area contributed by atoms with E-state index >= 15 is 0 Å². The summed E-state index contributed by atoms with van der Waals surface area (Å²) in [5.41, 5.74) is 1.75. The van der Waals surface area contributed by atoms with Crippen LogP contribution in [0.1, 0.15) is 85.1 Å². The van der Waals surface area contributed by atoms with Gasteiger partial charge in [-0.15, -0.1) is 0 Å². The van der Waals surface area contributed by atoms with Crippen LogP contribution >= 0.6 is 15.9 Å². The summed E-state index contributed by atoms with van der Waals surface area (Å²) in [6.45, 7) is 17.0. The first-order valence-corrected chi connectivity index (χ1v) is 12.9. The van der Waals surface area contributed by atoms with E-state index in [1.165, 1.54) is 25.7 Å². The van der Waals surface area contributed by atoms with Gasteiger partial charge in [0.15, 0.2) is 6.73 Å². The monoisotopic (exact) mass is 511 g/mol. The van der Waals surface area contributed by atoms with Crippen molar-refractivity contribution in [3.8, 4) is 0 Å². The van der Waals surface area contributed by atoms with E-state index in [1.807, 2.05) is 45.2 Å². The molecule has 6 heteroatoms. The molecule has 0 heterocycles. The molecule has 0 amide bonds. The Bertz CT molecular complexity index is 622. The van der Waals surface area contributed by atoms with Crippen LogP contribution in [0.5, 0.6) is 0 Å². The van der Waals surface area contributed by atoms with Crippen LogP contribution in [0.4, 0.5) is 0 Å². The smallest absolute Gasteiger partial charge is 0.170 e. The second kappa shape index (κ2) is 19.2. The zero-order valence-electron chi connectivity index (χ0n) is 21.3. The van der Waals surface area contributed by atoms with Gasteiger partial charge in [-0.25, -0.2) is 0 Å². The van der Waals surface area contributed by atoms with E-state index in [4.69, 9.17) is 9.57 Å². The van der Waals surface area contributed by atoms with Crippen molar-refractivity contribution in [1.82, 2.24) is 4.90 Å². The first kappa shape index (κ1) is 30.8. The van der Waals surface area contributed by atoms with Crippen LogP contribution in [0.2, 0.25) is 0 Å². The normalized spacial score (nSPS) is 13.3. The number of benzene rings is 1. The van der Waals surface area contributed by atoms with Crippen molar-refractivity contribution in [2.45, 2.75) is 85.2 Å². The fraction of sp³-hybridized carbons (Fsp3) is 0.692. The Morgan fingerprint density at radius 2 is 1.72 bits per heavy atom. The summed E-state index contributed by atoms with van der Waals surface area (Å²) in [6, 6.07) is 7.98. The van der Waals surface area contributed by atoms with Gasteiger partial charge in [-0.05, 0) is 51.6 Å². The largest absolute Gasteiger partial charge is 0.379 e. The van der Waals surface area contributed by atoms with Gasteiger partial charge >= 0.3 is 0 Å². The molecule has 0 saturated heterocycles. The van der Waals surface area contributed by atoms with Crippen LogP contribution in [0.25, 0.3) is 0 Å². The number of halogens is 1. The molecule has 0 aliphatic carbocycles. The Labute approximate surface area is 205 Å². The predicted molar refractivity (Wildman–Crippen MR) is 143 cm³/mol. The number of oxime groups is 1. The maximum absolute atomic E-state index is 5.84. The molecule has 0 fully saturated rings. The molecule has 32 heavy (non-hydrogen) atoms. The highest BCUT2D eigenvalue weighted by molar-refractivity contribution is 9.10. The molecule has 5 nitrogen and oxygen atoms in total. The number of rotatable bonds is 17. The van der Waals surface area contributed by atoms with Crippen molar-refractivity contribution in [2.75, 3.05) is 33.5 Å². The Morgan fingerprint density at radius 3 is 2.28 bits per heavy atom. The Hall–Kier alpha value is -1.24. The summed E-state index contributed by atoms with van der Waals surface area (Å²) >= 11 is 3.46. The van der Waals surface area contributed by atoms with Gasteiger partial charge in [0.2, 0.25) is 0 Å². The van der Waals surface area contributed by atoms with E-state index in [1.54, 1.807) is 0 Å². The lowest BCUT2D eigenvalue weighted by atomic mass is 9.92. The zero-order chi connectivity index (χ0) is 24.2. The molecule has 1 unspecified atom stereocenters. The molecule has 1 atom stereocenters. The maximum atomic E-state index is 5.84. The first-order valence-electron chi connectivity index (χ1n) is 12.1. The molecule has 0 radical (unpaired) electrons. The second-order valence-electron chi connectivity index (χ2n) is 7.96. The Kier molecular flexibility index (Phi) is 18.5. The molecule has 0 spiro atoms. The molecule has 0 saturated carbocycles. The lowest BCUT2D eigenvalue weighted by Crippen LogP contribution is -2.31. The van der Waals surface area contributed by atoms with Gasteiger partial charge in [0, 0.05) is 23.7 Å². The van der Waals surface area contributed by atoms with Crippen LogP contribution in [-0.2, 0) is 9.57 Å².